The molecule has 2 amide bonds. The largest absolute Gasteiger partial charge is 0.383 e. The molecular formula is C29H30N4O3S2. The summed E-state index contributed by atoms with van der Waals surface area (Å²) in [5, 5.41) is 10.0. The molecule has 7 nitrogen and oxygen atoms in total. The Labute approximate surface area is 230 Å². The fourth-order valence-electron chi connectivity index (χ4n) is 4.65. The molecule has 1 aliphatic rings. The Morgan fingerprint density at radius 1 is 1.08 bits per heavy atom. The predicted octanol–water partition coefficient (Wildman–Crippen LogP) is 5.15. The molecule has 9 heteroatoms. The second kappa shape index (κ2) is 11.6. The van der Waals surface area contributed by atoms with E-state index in [0.29, 0.717) is 19.0 Å². The van der Waals surface area contributed by atoms with Gasteiger partial charge < -0.3 is 10.1 Å². The number of thiophene rings is 1. The first-order chi connectivity index (χ1) is 18.5. The molecule has 1 aliphatic heterocycles. The summed E-state index contributed by atoms with van der Waals surface area (Å²) in [4.78, 5) is 29.5. The molecule has 1 unspecified atom stereocenters. The highest BCUT2D eigenvalue weighted by Gasteiger charge is 2.38. The van der Waals surface area contributed by atoms with Crippen LogP contribution in [0.2, 0.25) is 0 Å². The molecule has 0 radical (unpaired) electrons. The average molecular weight is 547 g/mol. The number of anilines is 1. The Balaban J connectivity index is 1.76. The topological polar surface area (TPSA) is 76.5 Å². The first-order valence-corrected chi connectivity index (χ1v) is 14.4. The Morgan fingerprint density at radius 2 is 1.84 bits per heavy atom. The van der Waals surface area contributed by atoms with Gasteiger partial charge in [0.1, 0.15) is 12.4 Å². The van der Waals surface area contributed by atoms with Crippen LogP contribution < -0.4 is 10.2 Å². The van der Waals surface area contributed by atoms with Crippen LogP contribution in [0.25, 0.3) is 16.9 Å². The fourth-order valence-corrected chi connectivity index (χ4v) is 7.12. The van der Waals surface area contributed by atoms with E-state index in [2.05, 4.69) is 23.7 Å². The van der Waals surface area contributed by atoms with Gasteiger partial charge in [0.2, 0.25) is 11.8 Å². The Morgan fingerprint density at radius 3 is 2.55 bits per heavy atom. The zero-order chi connectivity index (χ0) is 26.6. The van der Waals surface area contributed by atoms with Gasteiger partial charge in [-0.1, -0.05) is 48.5 Å². The van der Waals surface area contributed by atoms with Crippen molar-refractivity contribution in [1.82, 2.24) is 15.1 Å². The van der Waals surface area contributed by atoms with Crippen molar-refractivity contribution in [2.24, 2.45) is 0 Å². The van der Waals surface area contributed by atoms with Crippen molar-refractivity contribution in [2.75, 3.05) is 37.5 Å². The van der Waals surface area contributed by atoms with Crippen LogP contribution in [0, 0.1) is 13.8 Å². The number of nitrogens with zero attached hydrogens (tertiary/aromatic N) is 3. The number of ether oxygens (including phenoxy) is 1. The molecule has 4 aromatic rings. The monoisotopic (exact) mass is 546 g/mol. The van der Waals surface area contributed by atoms with E-state index in [1.165, 1.54) is 10.4 Å². The molecule has 1 N–H and O–H groups in total. The number of fused-ring (bicyclic) bond motifs is 1. The van der Waals surface area contributed by atoms with Crippen LogP contribution in [0.4, 0.5) is 5.82 Å². The lowest BCUT2D eigenvalue weighted by atomic mass is 10.0. The van der Waals surface area contributed by atoms with E-state index < -0.39 is 0 Å². The van der Waals surface area contributed by atoms with Crippen molar-refractivity contribution in [3.05, 3.63) is 87.6 Å². The van der Waals surface area contributed by atoms with Crippen LogP contribution in [0.1, 0.15) is 26.8 Å². The number of para-hydroxylation sites is 1. The van der Waals surface area contributed by atoms with E-state index in [9.17, 15) is 9.59 Å². The van der Waals surface area contributed by atoms with Gasteiger partial charge in [-0.25, -0.2) is 4.68 Å². The quantitative estimate of drug-likeness (QED) is 0.310. The lowest BCUT2D eigenvalue weighted by molar-refractivity contribution is -0.123. The van der Waals surface area contributed by atoms with Gasteiger partial charge in [0.05, 0.1) is 29.0 Å². The van der Waals surface area contributed by atoms with Crippen LogP contribution in [0.3, 0.4) is 0 Å². The molecule has 1 atom stereocenters. The van der Waals surface area contributed by atoms with Gasteiger partial charge in [-0.2, -0.15) is 5.10 Å². The van der Waals surface area contributed by atoms with Crippen molar-refractivity contribution >= 4 is 40.7 Å². The van der Waals surface area contributed by atoms with Crippen LogP contribution in [0.15, 0.2) is 66.0 Å². The Hall–Kier alpha value is -3.40. The molecule has 0 saturated carbocycles. The van der Waals surface area contributed by atoms with Crippen LogP contribution in [0.5, 0.6) is 0 Å². The SMILES string of the molecule is COCCNC(=O)CN1C(=O)CSC(c2sccc2C)c2c(-c3ccccc3)nn(-c3ccccc3C)c21. The maximum Gasteiger partial charge on any atom is 0.240 e. The maximum absolute atomic E-state index is 13.7. The highest BCUT2D eigenvalue weighted by atomic mass is 32.2. The third-order valence-electron chi connectivity index (χ3n) is 6.55. The van der Waals surface area contributed by atoms with Crippen LogP contribution >= 0.6 is 23.1 Å². The molecule has 196 valence electrons. The molecule has 0 aliphatic carbocycles. The minimum atomic E-state index is -0.240. The normalized spacial score (nSPS) is 15.3. The lowest BCUT2D eigenvalue weighted by Gasteiger charge is -2.23. The summed E-state index contributed by atoms with van der Waals surface area (Å²) in [5.41, 5.74) is 5.81. The number of amides is 2. The van der Waals surface area contributed by atoms with Gasteiger partial charge in [-0.3, -0.25) is 14.5 Å². The number of hydrogen-bond donors (Lipinski definition) is 1. The lowest BCUT2D eigenvalue weighted by Crippen LogP contribution is -2.43. The third kappa shape index (κ3) is 5.14. The molecule has 3 heterocycles. The number of hydrogen-bond acceptors (Lipinski definition) is 6. The summed E-state index contributed by atoms with van der Waals surface area (Å²) < 4.78 is 6.93. The smallest absolute Gasteiger partial charge is 0.240 e. The third-order valence-corrected chi connectivity index (χ3v) is 9.00. The maximum atomic E-state index is 13.7. The minimum Gasteiger partial charge on any atom is -0.383 e. The molecule has 0 fully saturated rings. The molecule has 5 rings (SSSR count). The summed E-state index contributed by atoms with van der Waals surface area (Å²) in [5.74, 6) is 0.539. The van der Waals surface area contributed by atoms with Gasteiger partial charge >= 0.3 is 0 Å². The second-order valence-corrected chi connectivity index (χ2v) is 11.2. The summed E-state index contributed by atoms with van der Waals surface area (Å²) >= 11 is 3.28. The van der Waals surface area contributed by atoms with Gasteiger partial charge in [-0.15, -0.1) is 23.1 Å². The van der Waals surface area contributed by atoms with Crippen molar-refractivity contribution in [1.29, 1.82) is 0 Å². The number of carbonyl (C=O) groups is 2. The molecule has 2 aromatic heterocycles. The number of rotatable bonds is 8. The van der Waals surface area contributed by atoms with E-state index in [4.69, 9.17) is 9.84 Å². The zero-order valence-electron chi connectivity index (χ0n) is 21.6. The summed E-state index contributed by atoms with van der Waals surface area (Å²) in [6.45, 7) is 4.81. The van der Waals surface area contributed by atoms with E-state index in [0.717, 1.165) is 28.1 Å². The number of methoxy groups -OCH3 is 1. The van der Waals surface area contributed by atoms with Crippen molar-refractivity contribution in [3.63, 3.8) is 0 Å². The first kappa shape index (κ1) is 26.2. The number of benzene rings is 2. The zero-order valence-corrected chi connectivity index (χ0v) is 23.3. The molecule has 0 spiro atoms. The number of aryl methyl sites for hydroxylation is 2. The Bertz CT molecular complexity index is 1450. The Kier molecular flexibility index (Phi) is 7.97. The van der Waals surface area contributed by atoms with Crippen molar-refractivity contribution in [2.45, 2.75) is 19.1 Å². The van der Waals surface area contributed by atoms with E-state index >= 15 is 0 Å². The molecular weight excluding hydrogens is 516 g/mol. The van der Waals surface area contributed by atoms with Gasteiger partial charge in [-0.05, 0) is 42.5 Å². The minimum absolute atomic E-state index is 0.0992. The van der Waals surface area contributed by atoms with Crippen molar-refractivity contribution < 1.29 is 14.3 Å². The standard InChI is InChI=1S/C29H30N4O3S2/c1-19-9-7-8-12-22(19)33-29-25(26(31-33)21-10-5-4-6-11-21)28(27-20(2)13-16-37-27)38-18-24(35)32(29)17-23(34)30-14-15-36-3/h4-13,16,28H,14-15,17-18H2,1-3H3,(H,30,34). The van der Waals surface area contributed by atoms with Gasteiger partial charge in [0, 0.05) is 29.7 Å². The molecule has 0 bridgehead atoms. The molecule has 0 saturated heterocycles. The van der Waals surface area contributed by atoms with Gasteiger partial charge in [0.15, 0.2) is 0 Å². The van der Waals surface area contributed by atoms with Crippen molar-refractivity contribution in [3.8, 4) is 16.9 Å². The first-order valence-electron chi connectivity index (χ1n) is 12.5. The number of thioether (sulfide) groups is 1. The van der Waals surface area contributed by atoms with E-state index in [1.807, 2.05) is 66.2 Å². The fraction of sp³-hybridized carbons (Fsp3) is 0.276. The van der Waals surface area contributed by atoms with E-state index in [1.54, 1.807) is 35.1 Å². The van der Waals surface area contributed by atoms with E-state index in [-0.39, 0.29) is 29.4 Å². The van der Waals surface area contributed by atoms with Gasteiger partial charge in [0.25, 0.3) is 0 Å². The highest BCUT2D eigenvalue weighted by molar-refractivity contribution is 8.00. The predicted molar refractivity (Wildman–Crippen MR) is 154 cm³/mol. The van der Waals surface area contributed by atoms with Crippen LogP contribution in [-0.2, 0) is 14.3 Å². The summed E-state index contributed by atoms with van der Waals surface area (Å²) in [6.07, 6.45) is 0. The summed E-state index contributed by atoms with van der Waals surface area (Å²) in [7, 11) is 1.59. The number of carbonyl (C=O) groups excluding carboxylic acids is 2. The number of nitrogens with one attached hydrogen (secondary N) is 1. The summed E-state index contributed by atoms with van der Waals surface area (Å²) in [6, 6.07) is 20.2. The molecule has 38 heavy (non-hydrogen) atoms. The second-order valence-electron chi connectivity index (χ2n) is 9.13. The average Bonchev–Trinajstić information content (AvgIpc) is 3.49. The van der Waals surface area contributed by atoms with Crippen LogP contribution in [-0.4, -0.2) is 54.2 Å². The molecule has 2 aromatic carbocycles. The number of aromatic nitrogens is 2. The highest BCUT2D eigenvalue weighted by Crippen LogP contribution is 2.50.